The summed E-state index contributed by atoms with van der Waals surface area (Å²) in [5, 5.41) is 0. The molecule has 120 valence electrons. The summed E-state index contributed by atoms with van der Waals surface area (Å²) in [7, 11) is 0. The van der Waals surface area contributed by atoms with E-state index >= 15 is 0 Å². The van der Waals surface area contributed by atoms with E-state index in [4.69, 9.17) is 11.2 Å². The molecule has 0 saturated heterocycles. The molecule has 0 bridgehead atoms. The highest BCUT2D eigenvalue weighted by molar-refractivity contribution is 5.36. The van der Waals surface area contributed by atoms with Crippen LogP contribution >= 0.6 is 0 Å². The van der Waals surface area contributed by atoms with Crippen LogP contribution in [0.3, 0.4) is 0 Å². The zero-order chi connectivity index (χ0) is 16.8. The Bertz CT molecular complexity index is 717. The standard InChI is InChI=1S/C18H14F4O/c1-2-12-6-8-13(9-7-12)23-10-4-3-5-14-15(19)11-16(20)18(22)17(14)21/h1,6-9,11H,3-5,10H2. The third-order valence-electron chi connectivity index (χ3n) is 3.32. The Morgan fingerprint density at radius 3 is 2.26 bits per heavy atom. The van der Waals surface area contributed by atoms with E-state index in [0.717, 1.165) is 5.56 Å². The highest BCUT2D eigenvalue weighted by Crippen LogP contribution is 2.21. The number of hydrogen-bond donors (Lipinski definition) is 0. The first-order valence-corrected chi connectivity index (χ1v) is 7.04. The summed E-state index contributed by atoms with van der Waals surface area (Å²) in [6.07, 6.45) is 6.09. The molecule has 5 heteroatoms. The molecule has 0 aromatic heterocycles. The van der Waals surface area contributed by atoms with Gasteiger partial charge in [0.1, 0.15) is 11.6 Å². The van der Waals surface area contributed by atoms with Crippen molar-refractivity contribution >= 4 is 0 Å². The first-order chi connectivity index (χ1) is 11.0. The van der Waals surface area contributed by atoms with Crippen LogP contribution in [0.1, 0.15) is 24.0 Å². The van der Waals surface area contributed by atoms with Crippen LogP contribution < -0.4 is 4.74 Å². The van der Waals surface area contributed by atoms with Crippen molar-refractivity contribution in [3.63, 3.8) is 0 Å². The van der Waals surface area contributed by atoms with Crippen molar-refractivity contribution in [3.8, 4) is 18.1 Å². The quantitative estimate of drug-likeness (QED) is 0.248. The predicted octanol–water partition coefficient (Wildman–Crippen LogP) is 4.63. The molecule has 0 saturated carbocycles. The maximum absolute atomic E-state index is 13.5. The number of terminal acetylenes is 1. The van der Waals surface area contributed by atoms with Crippen molar-refractivity contribution in [2.45, 2.75) is 19.3 Å². The van der Waals surface area contributed by atoms with E-state index in [-0.39, 0.29) is 6.42 Å². The van der Waals surface area contributed by atoms with Crippen LogP contribution in [0.15, 0.2) is 30.3 Å². The van der Waals surface area contributed by atoms with Gasteiger partial charge < -0.3 is 4.74 Å². The molecule has 0 atom stereocenters. The summed E-state index contributed by atoms with van der Waals surface area (Å²) in [5.74, 6) is -2.60. The lowest BCUT2D eigenvalue weighted by Crippen LogP contribution is -2.04. The molecule has 1 nitrogen and oxygen atoms in total. The van der Waals surface area contributed by atoms with Crippen LogP contribution in [-0.2, 0) is 6.42 Å². The topological polar surface area (TPSA) is 9.23 Å². The minimum atomic E-state index is -1.65. The zero-order valence-corrected chi connectivity index (χ0v) is 12.2. The average Bonchev–Trinajstić information content (AvgIpc) is 2.56. The Labute approximate surface area is 131 Å². The number of halogens is 4. The van der Waals surface area contributed by atoms with E-state index in [2.05, 4.69) is 5.92 Å². The highest BCUT2D eigenvalue weighted by atomic mass is 19.2. The zero-order valence-electron chi connectivity index (χ0n) is 12.2. The summed E-state index contributed by atoms with van der Waals surface area (Å²) in [6, 6.07) is 7.29. The van der Waals surface area contributed by atoms with E-state index in [1.54, 1.807) is 24.3 Å². The van der Waals surface area contributed by atoms with Crippen molar-refractivity contribution < 1.29 is 22.3 Å². The van der Waals surface area contributed by atoms with Gasteiger partial charge in [-0.05, 0) is 43.5 Å². The third kappa shape index (κ3) is 4.26. The second-order valence-electron chi connectivity index (χ2n) is 4.92. The van der Waals surface area contributed by atoms with Gasteiger partial charge in [-0.3, -0.25) is 0 Å². The molecule has 0 N–H and O–H groups in total. The van der Waals surface area contributed by atoms with Crippen LogP contribution in [-0.4, -0.2) is 6.61 Å². The fourth-order valence-electron chi connectivity index (χ4n) is 2.07. The van der Waals surface area contributed by atoms with Gasteiger partial charge in [-0.25, -0.2) is 17.6 Å². The van der Waals surface area contributed by atoms with Crippen LogP contribution in [0.4, 0.5) is 17.6 Å². The van der Waals surface area contributed by atoms with Gasteiger partial charge in [-0.2, -0.15) is 0 Å². The summed E-state index contributed by atoms with van der Waals surface area (Å²) in [4.78, 5) is 0. The number of unbranched alkanes of at least 4 members (excludes halogenated alkanes) is 1. The van der Waals surface area contributed by atoms with Gasteiger partial charge in [0.25, 0.3) is 0 Å². The number of benzene rings is 2. The van der Waals surface area contributed by atoms with E-state index in [9.17, 15) is 17.6 Å². The first kappa shape index (κ1) is 16.9. The Kier molecular flexibility index (Phi) is 5.64. The maximum Gasteiger partial charge on any atom is 0.194 e. The van der Waals surface area contributed by atoms with Gasteiger partial charge in [0.2, 0.25) is 0 Å². The second kappa shape index (κ2) is 7.68. The van der Waals surface area contributed by atoms with Gasteiger partial charge in [-0.1, -0.05) is 5.92 Å². The van der Waals surface area contributed by atoms with Gasteiger partial charge in [0.05, 0.1) is 6.61 Å². The molecule has 0 amide bonds. The molecular weight excluding hydrogens is 308 g/mol. The molecule has 0 aliphatic rings. The molecule has 0 spiro atoms. The van der Waals surface area contributed by atoms with Crippen LogP contribution in [0, 0.1) is 35.6 Å². The summed E-state index contributed by atoms with van der Waals surface area (Å²) >= 11 is 0. The SMILES string of the molecule is C#Cc1ccc(OCCCCc2c(F)cc(F)c(F)c2F)cc1. The molecule has 0 aliphatic heterocycles. The monoisotopic (exact) mass is 322 g/mol. The van der Waals surface area contributed by atoms with Crippen LogP contribution in [0.5, 0.6) is 5.75 Å². The lowest BCUT2D eigenvalue weighted by molar-refractivity contribution is 0.306. The highest BCUT2D eigenvalue weighted by Gasteiger charge is 2.18. The summed E-state index contributed by atoms with van der Waals surface area (Å²) < 4.78 is 58.3. The lowest BCUT2D eigenvalue weighted by Gasteiger charge is -2.08. The molecule has 0 heterocycles. The number of ether oxygens (including phenoxy) is 1. The van der Waals surface area contributed by atoms with Gasteiger partial charge in [0, 0.05) is 17.2 Å². The Balaban J connectivity index is 1.82. The molecule has 2 aromatic rings. The van der Waals surface area contributed by atoms with Crippen molar-refractivity contribution in [2.24, 2.45) is 0 Å². The molecule has 23 heavy (non-hydrogen) atoms. The van der Waals surface area contributed by atoms with Crippen molar-refractivity contribution in [1.29, 1.82) is 0 Å². The number of hydrogen-bond acceptors (Lipinski definition) is 1. The Morgan fingerprint density at radius 1 is 0.913 bits per heavy atom. The summed E-state index contributed by atoms with van der Waals surface area (Å²) in [5.41, 5.74) is 0.295. The van der Waals surface area contributed by atoms with E-state index in [0.29, 0.717) is 31.3 Å². The minimum Gasteiger partial charge on any atom is -0.494 e. The Hall–Kier alpha value is -2.48. The molecule has 0 aliphatic carbocycles. The second-order valence-corrected chi connectivity index (χ2v) is 4.92. The van der Waals surface area contributed by atoms with E-state index < -0.39 is 28.8 Å². The minimum absolute atomic E-state index is 0.0335. The first-order valence-electron chi connectivity index (χ1n) is 7.04. The summed E-state index contributed by atoms with van der Waals surface area (Å²) in [6.45, 7) is 0.336. The van der Waals surface area contributed by atoms with Gasteiger partial charge in [-0.15, -0.1) is 6.42 Å². The number of rotatable bonds is 6. The molecular formula is C18H14F4O. The molecule has 2 aromatic carbocycles. The maximum atomic E-state index is 13.5. The average molecular weight is 322 g/mol. The molecule has 0 radical (unpaired) electrons. The van der Waals surface area contributed by atoms with Crippen LogP contribution in [0.25, 0.3) is 0 Å². The fraction of sp³-hybridized carbons (Fsp3) is 0.222. The van der Waals surface area contributed by atoms with Crippen molar-refractivity contribution in [1.82, 2.24) is 0 Å². The smallest absolute Gasteiger partial charge is 0.194 e. The molecule has 2 rings (SSSR count). The van der Waals surface area contributed by atoms with Crippen LogP contribution in [0.2, 0.25) is 0 Å². The fourth-order valence-corrected chi connectivity index (χ4v) is 2.07. The lowest BCUT2D eigenvalue weighted by atomic mass is 10.1. The third-order valence-corrected chi connectivity index (χ3v) is 3.32. The van der Waals surface area contributed by atoms with Gasteiger partial charge >= 0.3 is 0 Å². The predicted molar refractivity (Wildman–Crippen MR) is 79.1 cm³/mol. The van der Waals surface area contributed by atoms with E-state index in [1.165, 1.54) is 0 Å². The Morgan fingerprint density at radius 2 is 1.61 bits per heavy atom. The largest absolute Gasteiger partial charge is 0.494 e. The molecule has 0 fully saturated rings. The van der Waals surface area contributed by atoms with Gasteiger partial charge in [0.15, 0.2) is 17.5 Å². The van der Waals surface area contributed by atoms with Crippen molar-refractivity contribution in [3.05, 3.63) is 64.7 Å². The van der Waals surface area contributed by atoms with E-state index in [1.807, 2.05) is 0 Å². The molecule has 0 unspecified atom stereocenters. The normalized spacial score (nSPS) is 10.4. The van der Waals surface area contributed by atoms with Crippen molar-refractivity contribution in [2.75, 3.05) is 6.61 Å².